The molecule has 0 unspecified atom stereocenters. The molecule has 2 aromatic rings. The molecular weight excluding hydrogens is 336 g/mol. The maximum absolute atomic E-state index is 12.6. The number of piperidine rings is 1. The van der Waals surface area contributed by atoms with E-state index in [0.717, 1.165) is 42.9 Å². The number of aryl methyl sites for hydroxylation is 1. The Hall–Kier alpha value is -2.14. The predicted octanol–water partition coefficient (Wildman–Crippen LogP) is 3.86. The van der Waals surface area contributed by atoms with Crippen molar-refractivity contribution in [1.82, 2.24) is 9.97 Å². The summed E-state index contributed by atoms with van der Waals surface area (Å²) >= 11 is 6.30. The maximum Gasteiger partial charge on any atom is 0.229 e. The molecule has 2 heterocycles. The van der Waals surface area contributed by atoms with Crippen molar-refractivity contribution in [2.75, 3.05) is 23.3 Å². The number of hydrogen-bond acceptors (Lipinski definition) is 4. The molecule has 1 aliphatic rings. The van der Waals surface area contributed by atoms with Crippen molar-refractivity contribution in [3.05, 3.63) is 46.9 Å². The number of halogens is 1. The van der Waals surface area contributed by atoms with E-state index >= 15 is 0 Å². The number of aromatic nitrogens is 2. The van der Waals surface area contributed by atoms with E-state index in [0.29, 0.717) is 17.5 Å². The number of carbonyl (C=O) groups is 1. The fraction of sp³-hybridized carbons (Fsp3) is 0.421. The Kier molecular flexibility index (Phi) is 5.53. The number of hydrogen-bond donors (Lipinski definition) is 1. The summed E-state index contributed by atoms with van der Waals surface area (Å²) in [5.74, 6) is 1.53. The van der Waals surface area contributed by atoms with E-state index in [2.05, 4.69) is 20.2 Å². The van der Waals surface area contributed by atoms with Gasteiger partial charge in [-0.2, -0.15) is 0 Å². The zero-order chi connectivity index (χ0) is 17.8. The van der Waals surface area contributed by atoms with Gasteiger partial charge in [0.05, 0.1) is 5.92 Å². The van der Waals surface area contributed by atoms with Crippen LogP contribution >= 0.6 is 11.6 Å². The molecule has 0 aliphatic carbocycles. The Morgan fingerprint density at radius 3 is 2.80 bits per heavy atom. The summed E-state index contributed by atoms with van der Waals surface area (Å²) in [6.07, 6.45) is 2.61. The van der Waals surface area contributed by atoms with Crippen molar-refractivity contribution < 1.29 is 4.79 Å². The minimum Gasteiger partial charge on any atom is -0.355 e. The minimum atomic E-state index is -0.0623. The van der Waals surface area contributed by atoms with E-state index in [1.54, 1.807) is 0 Å². The number of anilines is 2. The van der Waals surface area contributed by atoms with E-state index in [1.165, 1.54) is 0 Å². The molecule has 1 aromatic carbocycles. The first-order chi connectivity index (χ1) is 12.1. The Labute approximate surface area is 153 Å². The topological polar surface area (TPSA) is 58.1 Å². The normalized spacial score (nSPS) is 17.4. The predicted molar refractivity (Wildman–Crippen MR) is 101 cm³/mol. The van der Waals surface area contributed by atoms with E-state index in [4.69, 9.17) is 11.6 Å². The zero-order valence-electron chi connectivity index (χ0n) is 14.6. The summed E-state index contributed by atoms with van der Waals surface area (Å²) in [7, 11) is 0. The van der Waals surface area contributed by atoms with E-state index < -0.39 is 0 Å². The molecule has 25 heavy (non-hydrogen) atoms. The maximum atomic E-state index is 12.6. The lowest BCUT2D eigenvalue weighted by Gasteiger charge is -2.34. The van der Waals surface area contributed by atoms with Gasteiger partial charge in [0.25, 0.3) is 0 Å². The van der Waals surface area contributed by atoms with Crippen molar-refractivity contribution in [1.29, 1.82) is 0 Å². The second kappa shape index (κ2) is 7.83. The molecule has 3 rings (SSSR count). The van der Waals surface area contributed by atoms with Crippen molar-refractivity contribution >= 4 is 29.0 Å². The lowest BCUT2D eigenvalue weighted by molar-refractivity contribution is -0.120. The Morgan fingerprint density at radius 1 is 1.32 bits per heavy atom. The Bertz CT molecular complexity index is 751. The van der Waals surface area contributed by atoms with Crippen molar-refractivity contribution in [3.8, 4) is 0 Å². The SMILES string of the molecule is CCc1c(Cl)nc(C)nc1N1CCC[C@H](C(=O)Nc2ccccc2)C1. The van der Waals surface area contributed by atoms with Crippen LogP contribution in [0.4, 0.5) is 11.5 Å². The van der Waals surface area contributed by atoms with Crippen molar-refractivity contribution in [2.24, 2.45) is 5.92 Å². The zero-order valence-corrected chi connectivity index (χ0v) is 15.4. The van der Waals surface area contributed by atoms with Crippen LogP contribution in [0.3, 0.4) is 0 Å². The highest BCUT2D eigenvalue weighted by molar-refractivity contribution is 6.30. The number of nitrogens with one attached hydrogen (secondary N) is 1. The molecule has 1 atom stereocenters. The highest BCUT2D eigenvalue weighted by atomic mass is 35.5. The summed E-state index contributed by atoms with van der Waals surface area (Å²) in [6, 6.07) is 9.58. The number of nitrogens with zero attached hydrogens (tertiary/aromatic N) is 3. The largest absolute Gasteiger partial charge is 0.355 e. The molecule has 0 saturated carbocycles. The van der Waals surface area contributed by atoms with Crippen molar-refractivity contribution in [2.45, 2.75) is 33.1 Å². The molecule has 6 heteroatoms. The molecular formula is C19H23ClN4O. The van der Waals surface area contributed by atoms with Gasteiger partial charge in [0, 0.05) is 24.3 Å². The molecule has 1 fully saturated rings. The highest BCUT2D eigenvalue weighted by Crippen LogP contribution is 2.29. The van der Waals surface area contributed by atoms with Gasteiger partial charge in [-0.05, 0) is 38.3 Å². The molecule has 0 radical (unpaired) electrons. The lowest BCUT2D eigenvalue weighted by atomic mass is 9.96. The average molecular weight is 359 g/mol. The number of amides is 1. The summed E-state index contributed by atoms with van der Waals surface area (Å²) in [6.45, 7) is 5.43. The first kappa shape index (κ1) is 17.7. The Balaban J connectivity index is 1.76. The fourth-order valence-electron chi connectivity index (χ4n) is 3.26. The smallest absolute Gasteiger partial charge is 0.229 e. The van der Waals surface area contributed by atoms with Gasteiger partial charge in [-0.3, -0.25) is 4.79 Å². The lowest BCUT2D eigenvalue weighted by Crippen LogP contribution is -2.41. The first-order valence-electron chi connectivity index (χ1n) is 8.72. The van der Waals surface area contributed by atoms with Gasteiger partial charge in [-0.15, -0.1) is 0 Å². The van der Waals surface area contributed by atoms with Crippen LogP contribution in [0.5, 0.6) is 0 Å². The van der Waals surface area contributed by atoms with Gasteiger partial charge in [-0.25, -0.2) is 9.97 Å². The molecule has 1 amide bonds. The van der Waals surface area contributed by atoms with Crippen LogP contribution in [0, 0.1) is 12.8 Å². The molecule has 1 aromatic heterocycles. The molecule has 1 aliphatic heterocycles. The van der Waals surface area contributed by atoms with Crippen LogP contribution in [-0.4, -0.2) is 29.0 Å². The highest BCUT2D eigenvalue weighted by Gasteiger charge is 2.28. The monoisotopic (exact) mass is 358 g/mol. The van der Waals surface area contributed by atoms with E-state index in [-0.39, 0.29) is 11.8 Å². The van der Waals surface area contributed by atoms with Crippen LogP contribution in [0.1, 0.15) is 31.2 Å². The minimum absolute atomic E-state index is 0.0609. The second-order valence-corrected chi connectivity index (χ2v) is 6.72. The Morgan fingerprint density at radius 2 is 2.08 bits per heavy atom. The van der Waals surface area contributed by atoms with Crippen LogP contribution < -0.4 is 10.2 Å². The number of rotatable bonds is 4. The molecule has 1 saturated heterocycles. The third kappa shape index (κ3) is 4.10. The number of benzene rings is 1. The summed E-state index contributed by atoms with van der Waals surface area (Å²) in [5, 5.41) is 3.53. The van der Waals surface area contributed by atoms with E-state index in [9.17, 15) is 4.79 Å². The third-order valence-electron chi connectivity index (χ3n) is 4.53. The third-order valence-corrected chi connectivity index (χ3v) is 4.85. The van der Waals surface area contributed by atoms with Gasteiger partial charge in [0.15, 0.2) is 0 Å². The number of carbonyl (C=O) groups excluding carboxylic acids is 1. The number of para-hydroxylation sites is 1. The first-order valence-corrected chi connectivity index (χ1v) is 9.10. The summed E-state index contributed by atoms with van der Waals surface area (Å²) < 4.78 is 0. The van der Waals surface area contributed by atoms with Crippen LogP contribution in [0.25, 0.3) is 0 Å². The standard InChI is InChI=1S/C19H23ClN4O/c1-3-16-17(20)21-13(2)22-18(16)24-11-7-8-14(12-24)19(25)23-15-9-5-4-6-10-15/h4-6,9-10,14H,3,7-8,11-12H2,1-2H3,(H,23,25)/t14-/m0/s1. The van der Waals surface area contributed by atoms with Gasteiger partial charge in [0.2, 0.25) is 5.91 Å². The van der Waals surface area contributed by atoms with Crippen LogP contribution in [0.15, 0.2) is 30.3 Å². The van der Waals surface area contributed by atoms with Crippen molar-refractivity contribution in [3.63, 3.8) is 0 Å². The molecule has 0 spiro atoms. The molecule has 0 bridgehead atoms. The summed E-state index contributed by atoms with van der Waals surface area (Å²) in [5.41, 5.74) is 1.79. The quantitative estimate of drug-likeness (QED) is 0.843. The van der Waals surface area contributed by atoms with Gasteiger partial charge < -0.3 is 10.2 Å². The summed E-state index contributed by atoms with van der Waals surface area (Å²) in [4.78, 5) is 23.7. The van der Waals surface area contributed by atoms with Crippen LogP contribution in [-0.2, 0) is 11.2 Å². The van der Waals surface area contributed by atoms with Crippen LogP contribution in [0.2, 0.25) is 5.15 Å². The second-order valence-electron chi connectivity index (χ2n) is 6.36. The molecule has 132 valence electrons. The molecule has 1 N–H and O–H groups in total. The van der Waals surface area contributed by atoms with Gasteiger partial charge in [-0.1, -0.05) is 36.7 Å². The fourth-order valence-corrected chi connectivity index (χ4v) is 3.60. The average Bonchev–Trinajstić information content (AvgIpc) is 2.62. The van der Waals surface area contributed by atoms with E-state index in [1.807, 2.05) is 44.2 Å². The van der Waals surface area contributed by atoms with Gasteiger partial charge >= 0.3 is 0 Å². The van der Waals surface area contributed by atoms with Gasteiger partial charge in [0.1, 0.15) is 16.8 Å². The molecule has 5 nitrogen and oxygen atoms in total.